The van der Waals surface area contributed by atoms with Gasteiger partial charge in [0.2, 0.25) is 5.91 Å². The monoisotopic (exact) mass is 341 g/mol. The summed E-state index contributed by atoms with van der Waals surface area (Å²) in [6.45, 7) is 2.84. The predicted molar refractivity (Wildman–Crippen MR) is 89.7 cm³/mol. The summed E-state index contributed by atoms with van der Waals surface area (Å²) in [5, 5.41) is 0. The second-order valence-corrected chi connectivity index (χ2v) is 7.55. The zero-order chi connectivity index (χ0) is 17.0. The minimum Gasteiger partial charge on any atom is -0.381 e. The van der Waals surface area contributed by atoms with E-state index in [9.17, 15) is 13.2 Å². The number of nitrogens with zero attached hydrogens (tertiary/aromatic N) is 2. The maximum Gasteiger partial charge on any atom is 0.301 e. The third-order valence-electron chi connectivity index (χ3n) is 3.77. The fourth-order valence-electron chi connectivity index (χ4n) is 2.52. The van der Waals surface area contributed by atoms with Gasteiger partial charge in [0.1, 0.15) is 0 Å². The molecule has 0 atom stereocenters. The summed E-state index contributed by atoms with van der Waals surface area (Å²) < 4.78 is 32.5. The lowest BCUT2D eigenvalue weighted by Crippen LogP contribution is -2.42. The van der Waals surface area contributed by atoms with Crippen molar-refractivity contribution < 1.29 is 17.9 Å². The molecule has 1 aromatic carbocycles. The number of hydrogen-bond donors (Lipinski definition) is 1. The topological polar surface area (TPSA) is 79.0 Å². The van der Waals surface area contributed by atoms with Gasteiger partial charge in [0.25, 0.3) is 0 Å². The molecule has 1 N–H and O–H groups in total. The summed E-state index contributed by atoms with van der Waals surface area (Å²) in [4.78, 5) is 13.8. The van der Waals surface area contributed by atoms with Crippen LogP contribution in [0.2, 0.25) is 0 Å². The fourth-order valence-corrected chi connectivity index (χ4v) is 3.14. The van der Waals surface area contributed by atoms with Crippen molar-refractivity contribution in [1.82, 2.24) is 4.31 Å². The highest BCUT2D eigenvalue weighted by atomic mass is 32.2. The van der Waals surface area contributed by atoms with Crippen LogP contribution in [-0.4, -0.2) is 52.0 Å². The van der Waals surface area contributed by atoms with E-state index in [-0.39, 0.29) is 11.9 Å². The summed E-state index contributed by atoms with van der Waals surface area (Å²) in [5.74, 6) is -0.0291. The highest BCUT2D eigenvalue weighted by molar-refractivity contribution is 7.90. The molecule has 2 rings (SSSR count). The highest BCUT2D eigenvalue weighted by Gasteiger charge is 2.25. The molecule has 23 heavy (non-hydrogen) atoms. The van der Waals surface area contributed by atoms with Crippen molar-refractivity contribution >= 4 is 27.5 Å². The van der Waals surface area contributed by atoms with Gasteiger partial charge in [-0.25, -0.2) is 0 Å². The van der Waals surface area contributed by atoms with E-state index in [2.05, 4.69) is 4.72 Å². The molecule has 0 saturated carbocycles. The molecule has 8 heteroatoms. The Balaban J connectivity index is 2.17. The molecule has 0 aromatic heterocycles. The van der Waals surface area contributed by atoms with Crippen molar-refractivity contribution in [2.45, 2.75) is 25.8 Å². The molecule has 1 aromatic rings. The lowest BCUT2D eigenvalue weighted by atomic mass is 10.1. The van der Waals surface area contributed by atoms with Gasteiger partial charge in [-0.1, -0.05) is 0 Å². The second-order valence-electron chi connectivity index (χ2n) is 5.67. The van der Waals surface area contributed by atoms with E-state index in [0.717, 1.165) is 22.8 Å². The first kappa shape index (κ1) is 17.7. The molecule has 0 aliphatic carbocycles. The first-order chi connectivity index (χ1) is 10.8. The second kappa shape index (κ2) is 7.29. The Bertz CT molecular complexity index is 637. The van der Waals surface area contributed by atoms with E-state index in [1.807, 2.05) is 0 Å². The number of amides is 1. The molecule has 1 heterocycles. The average Bonchev–Trinajstić information content (AvgIpc) is 2.49. The predicted octanol–water partition coefficient (Wildman–Crippen LogP) is 1.44. The lowest BCUT2D eigenvalue weighted by molar-refractivity contribution is -0.117. The first-order valence-corrected chi connectivity index (χ1v) is 8.93. The Morgan fingerprint density at radius 3 is 2.22 bits per heavy atom. The molecular weight excluding hydrogens is 318 g/mol. The van der Waals surface area contributed by atoms with Crippen LogP contribution >= 0.6 is 0 Å². The molecule has 1 saturated heterocycles. The maximum atomic E-state index is 12.0. The van der Waals surface area contributed by atoms with E-state index in [0.29, 0.717) is 18.9 Å². The Labute approximate surface area is 137 Å². The van der Waals surface area contributed by atoms with Crippen molar-refractivity contribution in [2.24, 2.45) is 0 Å². The van der Waals surface area contributed by atoms with Gasteiger partial charge in [-0.05, 0) is 37.1 Å². The molecular formula is C15H23N3O4S. The first-order valence-electron chi connectivity index (χ1n) is 7.49. The van der Waals surface area contributed by atoms with Gasteiger partial charge in [0, 0.05) is 51.6 Å². The van der Waals surface area contributed by atoms with E-state index in [1.54, 1.807) is 29.2 Å². The molecule has 0 radical (unpaired) electrons. The van der Waals surface area contributed by atoms with Gasteiger partial charge in [-0.15, -0.1) is 0 Å². The standard InChI is InChI=1S/C15H23N3O4S/c1-12(19)18(15-8-10-22-11-9-15)14-6-4-13(5-7-14)16-23(20,21)17(2)3/h4-7,15-16H,8-11H2,1-3H3. The number of benzene rings is 1. The smallest absolute Gasteiger partial charge is 0.301 e. The third kappa shape index (κ3) is 4.43. The Morgan fingerprint density at radius 1 is 1.17 bits per heavy atom. The molecule has 0 bridgehead atoms. The van der Waals surface area contributed by atoms with Crippen molar-refractivity contribution in [3.05, 3.63) is 24.3 Å². The Hall–Kier alpha value is -1.64. The summed E-state index contributed by atoms with van der Waals surface area (Å²) in [6.07, 6.45) is 1.60. The molecule has 0 unspecified atom stereocenters. The van der Waals surface area contributed by atoms with E-state index in [4.69, 9.17) is 4.74 Å². The van der Waals surface area contributed by atoms with Crippen molar-refractivity contribution in [3.63, 3.8) is 0 Å². The molecule has 128 valence electrons. The van der Waals surface area contributed by atoms with Gasteiger partial charge in [0.05, 0.1) is 0 Å². The van der Waals surface area contributed by atoms with Gasteiger partial charge >= 0.3 is 10.2 Å². The Kier molecular flexibility index (Phi) is 5.61. The lowest BCUT2D eigenvalue weighted by Gasteiger charge is -2.33. The normalized spacial score (nSPS) is 16.3. The SMILES string of the molecule is CC(=O)N(c1ccc(NS(=O)(=O)N(C)C)cc1)C1CCOCC1. The summed E-state index contributed by atoms with van der Waals surface area (Å²) in [7, 11) is -0.620. The minimum atomic E-state index is -3.53. The number of hydrogen-bond acceptors (Lipinski definition) is 4. The van der Waals surface area contributed by atoms with Crippen LogP contribution in [0.4, 0.5) is 11.4 Å². The number of ether oxygens (including phenoxy) is 1. The number of carbonyl (C=O) groups is 1. The van der Waals surface area contributed by atoms with E-state index >= 15 is 0 Å². The van der Waals surface area contributed by atoms with Crippen LogP contribution in [0, 0.1) is 0 Å². The zero-order valence-electron chi connectivity index (χ0n) is 13.7. The molecule has 1 aliphatic heterocycles. The highest BCUT2D eigenvalue weighted by Crippen LogP contribution is 2.25. The van der Waals surface area contributed by atoms with Crippen LogP contribution in [0.1, 0.15) is 19.8 Å². The Morgan fingerprint density at radius 2 is 1.74 bits per heavy atom. The molecule has 1 fully saturated rings. The quantitative estimate of drug-likeness (QED) is 0.879. The average molecular weight is 341 g/mol. The summed E-state index contributed by atoms with van der Waals surface area (Å²) in [6, 6.07) is 6.94. The minimum absolute atomic E-state index is 0.0291. The van der Waals surface area contributed by atoms with E-state index in [1.165, 1.54) is 21.0 Å². The van der Waals surface area contributed by atoms with Crippen molar-refractivity contribution in [2.75, 3.05) is 36.9 Å². The number of carbonyl (C=O) groups excluding carboxylic acids is 1. The largest absolute Gasteiger partial charge is 0.381 e. The number of rotatable bonds is 5. The maximum absolute atomic E-state index is 12.0. The molecule has 0 spiro atoms. The van der Waals surface area contributed by atoms with Gasteiger partial charge in [0.15, 0.2) is 0 Å². The van der Waals surface area contributed by atoms with E-state index < -0.39 is 10.2 Å². The molecule has 1 amide bonds. The van der Waals surface area contributed by atoms with Crippen LogP contribution in [0.25, 0.3) is 0 Å². The van der Waals surface area contributed by atoms with Crippen molar-refractivity contribution in [3.8, 4) is 0 Å². The summed E-state index contributed by atoms with van der Waals surface area (Å²) >= 11 is 0. The zero-order valence-corrected chi connectivity index (χ0v) is 14.5. The summed E-state index contributed by atoms with van der Waals surface area (Å²) in [5.41, 5.74) is 1.22. The molecule has 1 aliphatic rings. The van der Waals surface area contributed by atoms with Crippen LogP contribution in [-0.2, 0) is 19.7 Å². The molecule has 7 nitrogen and oxygen atoms in total. The third-order valence-corrected chi connectivity index (χ3v) is 5.22. The number of nitrogens with one attached hydrogen (secondary N) is 1. The van der Waals surface area contributed by atoms with Crippen LogP contribution in [0.15, 0.2) is 24.3 Å². The van der Waals surface area contributed by atoms with Crippen LogP contribution in [0.3, 0.4) is 0 Å². The van der Waals surface area contributed by atoms with Gasteiger partial charge in [-0.3, -0.25) is 9.52 Å². The van der Waals surface area contributed by atoms with Crippen LogP contribution < -0.4 is 9.62 Å². The number of anilines is 2. The van der Waals surface area contributed by atoms with Crippen LogP contribution in [0.5, 0.6) is 0 Å². The van der Waals surface area contributed by atoms with Gasteiger partial charge < -0.3 is 9.64 Å². The fraction of sp³-hybridized carbons (Fsp3) is 0.533. The van der Waals surface area contributed by atoms with Gasteiger partial charge in [-0.2, -0.15) is 12.7 Å². The van der Waals surface area contributed by atoms with Crippen molar-refractivity contribution in [1.29, 1.82) is 0 Å².